The first kappa shape index (κ1) is 17.0. The number of aryl methyl sites for hydroxylation is 1. The van der Waals surface area contributed by atoms with Gasteiger partial charge in [-0.25, -0.2) is 9.38 Å². The van der Waals surface area contributed by atoms with Gasteiger partial charge in [-0.3, -0.25) is 0 Å². The van der Waals surface area contributed by atoms with E-state index in [0.717, 1.165) is 61.9 Å². The van der Waals surface area contributed by atoms with Crippen LogP contribution in [0.1, 0.15) is 43.4 Å². The number of fused-ring (bicyclic) bond motifs is 1. The van der Waals surface area contributed by atoms with E-state index < -0.39 is 0 Å². The molecule has 0 saturated heterocycles. The van der Waals surface area contributed by atoms with Crippen LogP contribution in [-0.2, 0) is 24.9 Å². The molecule has 138 valence electrons. The van der Waals surface area contributed by atoms with E-state index in [1.807, 2.05) is 19.1 Å². The Kier molecular flexibility index (Phi) is 4.61. The molecule has 2 heterocycles. The van der Waals surface area contributed by atoms with Crippen LogP contribution in [-0.4, -0.2) is 33.8 Å². The molecule has 1 aliphatic heterocycles. The smallest absolute Gasteiger partial charge is 0.191 e. The summed E-state index contributed by atoms with van der Waals surface area (Å²) in [4.78, 5) is 4.66. The van der Waals surface area contributed by atoms with Crippen molar-refractivity contribution in [2.24, 2.45) is 4.99 Å². The van der Waals surface area contributed by atoms with Crippen molar-refractivity contribution in [3.05, 3.63) is 47.3 Å². The van der Waals surface area contributed by atoms with Crippen molar-refractivity contribution >= 4 is 5.96 Å². The maximum absolute atomic E-state index is 14.2. The van der Waals surface area contributed by atoms with Gasteiger partial charge in [-0.05, 0) is 37.8 Å². The van der Waals surface area contributed by atoms with Crippen LogP contribution in [0.25, 0.3) is 0 Å². The lowest BCUT2D eigenvalue weighted by Gasteiger charge is -2.19. The molecule has 1 aliphatic carbocycles. The van der Waals surface area contributed by atoms with Crippen molar-refractivity contribution in [1.29, 1.82) is 0 Å². The van der Waals surface area contributed by atoms with E-state index in [2.05, 4.69) is 30.4 Å². The van der Waals surface area contributed by atoms with Gasteiger partial charge in [0, 0.05) is 31.5 Å². The molecule has 0 amide bonds. The standard InChI is InChI=1S/C19H25FN6/c1-2-21-18(22-12-17-25-24-16-8-5-11-26(16)17)23-13-19(9-10-19)14-6-3-4-7-15(14)20/h3-4,6-7H,2,5,8-13H2,1H3,(H2,21,22,23). The van der Waals surface area contributed by atoms with E-state index in [-0.39, 0.29) is 11.2 Å². The average molecular weight is 356 g/mol. The summed E-state index contributed by atoms with van der Waals surface area (Å²) in [7, 11) is 0. The van der Waals surface area contributed by atoms with Gasteiger partial charge in [-0.2, -0.15) is 0 Å². The Morgan fingerprint density at radius 3 is 2.88 bits per heavy atom. The number of rotatable bonds is 6. The molecular formula is C19H25FN6. The quantitative estimate of drug-likeness (QED) is 0.615. The second-order valence-electron chi connectivity index (χ2n) is 7.10. The number of hydrogen-bond donors (Lipinski definition) is 2. The van der Waals surface area contributed by atoms with Crippen molar-refractivity contribution < 1.29 is 4.39 Å². The molecule has 1 fully saturated rings. The summed E-state index contributed by atoms with van der Waals surface area (Å²) in [6.45, 7) is 4.96. The molecule has 1 saturated carbocycles. The highest BCUT2D eigenvalue weighted by atomic mass is 19.1. The number of nitrogens with zero attached hydrogens (tertiary/aromatic N) is 4. The fourth-order valence-electron chi connectivity index (χ4n) is 3.66. The zero-order valence-corrected chi connectivity index (χ0v) is 15.1. The summed E-state index contributed by atoms with van der Waals surface area (Å²) in [5.41, 5.74) is 0.691. The molecule has 0 bridgehead atoms. The maximum Gasteiger partial charge on any atom is 0.191 e. The average Bonchev–Trinajstić information content (AvgIpc) is 3.10. The minimum absolute atomic E-state index is 0.113. The molecule has 2 N–H and O–H groups in total. The summed E-state index contributed by atoms with van der Waals surface area (Å²) in [5, 5.41) is 15.1. The van der Waals surface area contributed by atoms with Gasteiger partial charge in [0.25, 0.3) is 0 Å². The molecule has 4 rings (SSSR count). The van der Waals surface area contributed by atoms with Gasteiger partial charge in [0.05, 0.1) is 0 Å². The van der Waals surface area contributed by atoms with Gasteiger partial charge in [-0.1, -0.05) is 18.2 Å². The third kappa shape index (κ3) is 3.30. The molecule has 0 spiro atoms. The van der Waals surface area contributed by atoms with Crippen LogP contribution in [0.3, 0.4) is 0 Å². The summed E-state index contributed by atoms with van der Waals surface area (Å²) < 4.78 is 16.3. The van der Waals surface area contributed by atoms with Crippen LogP contribution in [0.4, 0.5) is 4.39 Å². The minimum atomic E-state index is -0.118. The van der Waals surface area contributed by atoms with E-state index >= 15 is 0 Å². The Hall–Kier alpha value is -2.44. The minimum Gasteiger partial charge on any atom is -0.357 e. The van der Waals surface area contributed by atoms with E-state index in [4.69, 9.17) is 0 Å². The SMILES string of the molecule is CCNC(=NCc1nnc2n1CCC2)NCC1(c2ccccc2F)CC1. The number of aromatic nitrogens is 3. The van der Waals surface area contributed by atoms with Crippen molar-refractivity contribution in [3.63, 3.8) is 0 Å². The molecule has 7 heteroatoms. The van der Waals surface area contributed by atoms with E-state index in [0.29, 0.717) is 13.1 Å². The molecule has 26 heavy (non-hydrogen) atoms. The zero-order chi connectivity index (χ0) is 18.0. The fraction of sp³-hybridized carbons (Fsp3) is 0.526. The predicted molar refractivity (Wildman–Crippen MR) is 98.5 cm³/mol. The molecule has 2 aliphatic rings. The van der Waals surface area contributed by atoms with Crippen LogP contribution in [0.15, 0.2) is 29.3 Å². The second kappa shape index (κ2) is 7.05. The monoisotopic (exact) mass is 356 g/mol. The third-order valence-corrected chi connectivity index (χ3v) is 5.30. The molecule has 1 aromatic heterocycles. The van der Waals surface area contributed by atoms with Crippen molar-refractivity contribution in [3.8, 4) is 0 Å². The van der Waals surface area contributed by atoms with E-state index in [1.165, 1.54) is 0 Å². The van der Waals surface area contributed by atoms with Gasteiger partial charge in [0.15, 0.2) is 11.8 Å². The second-order valence-corrected chi connectivity index (χ2v) is 7.10. The maximum atomic E-state index is 14.2. The summed E-state index contributed by atoms with van der Waals surface area (Å²) in [5.74, 6) is 2.59. The molecule has 1 aromatic carbocycles. The van der Waals surface area contributed by atoms with Crippen molar-refractivity contribution in [1.82, 2.24) is 25.4 Å². The van der Waals surface area contributed by atoms with Gasteiger partial charge in [-0.15, -0.1) is 10.2 Å². The Labute approximate surface area is 152 Å². The lowest BCUT2D eigenvalue weighted by Crippen LogP contribution is -2.41. The van der Waals surface area contributed by atoms with Crippen molar-refractivity contribution in [2.75, 3.05) is 13.1 Å². The Morgan fingerprint density at radius 1 is 1.27 bits per heavy atom. The summed E-state index contributed by atoms with van der Waals surface area (Å²) >= 11 is 0. The predicted octanol–water partition coefficient (Wildman–Crippen LogP) is 2.15. The number of benzene rings is 1. The lowest BCUT2D eigenvalue weighted by molar-refractivity contribution is 0.559. The molecule has 0 radical (unpaired) electrons. The largest absolute Gasteiger partial charge is 0.357 e. The zero-order valence-electron chi connectivity index (χ0n) is 15.1. The number of guanidine groups is 1. The highest BCUT2D eigenvalue weighted by Gasteiger charge is 2.45. The van der Waals surface area contributed by atoms with Gasteiger partial charge in [0.2, 0.25) is 0 Å². The first-order valence-corrected chi connectivity index (χ1v) is 9.40. The van der Waals surface area contributed by atoms with Crippen LogP contribution >= 0.6 is 0 Å². The van der Waals surface area contributed by atoms with Gasteiger partial charge < -0.3 is 15.2 Å². The normalized spacial score (nSPS) is 17.8. The van der Waals surface area contributed by atoms with Gasteiger partial charge >= 0.3 is 0 Å². The first-order valence-electron chi connectivity index (χ1n) is 9.40. The molecule has 2 aromatic rings. The molecule has 0 unspecified atom stereocenters. The number of aliphatic imine (C=N–C) groups is 1. The van der Waals surface area contributed by atoms with Crippen LogP contribution in [0.5, 0.6) is 0 Å². The molecular weight excluding hydrogens is 331 g/mol. The molecule has 6 nitrogen and oxygen atoms in total. The highest BCUT2D eigenvalue weighted by molar-refractivity contribution is 5.79. The highest BCUT2D eigenvalue weighted by Crippen LogP contribution is 2.48. The topological polar surface area (TPSA) is 67.1 Å². The first-order chi connectivity index (χ1) is 12.7. The van der Waals surface area contributed by atoms with Crippen molar-refractivity contribution in [2.45, 2.75) is 51.1 Å². The molecule has 0 atom stereocenters. The third-order valence-electron chi connectivity index (χ3n) is 5.30. The van der Waals surface area contributed by atoms with Crippen LogP contribution in [0, 0.1) is 5.82 Å². The van der Waals surface area contributed by atoms with Crippen LogP contribution in [0.2, 0.25) is 0 Å². The Balaban J connectivity index is 1.43. The number of hydrogen-bond acceptors (Lipinski definition) is 3. The van der Waals surface area contributed by atoms with E-state index in [1.54, 1.807) is 12.1 Å². The van der Waals surface area contributed by atoms with Crippen LogP contribution < -0.4 is 10.6 Å². The van der Waals surface area contributed by atoms with E-state index in [9.17, 15) is 4.39 Å². The Bertz CT molecular complexity index is 808. The number of halogens is 1. The van der Waals surface area contributed by atoms with Gasteiger partial charge in [0.1, 0.15) is 18.2 Å². The number of nitrogens with one attached hydrogen (secondary N) is 2. The summed E-state index contributed by atoms with van der Waals surface area (Å²) in [6, 6.07) is 7.09. The summed E-state index contributed by atoms with van der Waals surface area (Å²) in [6.07, 6.45) is 4.13. The lowest BCUT2D eigenvalue weighted by atomic mass is 9.95. The fourth-order valence-corrected chi connectivity index (χ4v) is 3.66. The Morgan fingerprint density at radius 2 is 2.12 bits per heavy atom.